The summed E-state index contributed by atoms with van der Waals surface area (Å²) in [6, 6.07) is 1.79. The van der Waals surface area contributed by atoms with Crippen LogP contribution >= 0.6 is 0 Å². The third kappa shape index (κ3) is 3.49. The number of rotatable bonds is 5. The Morgan fingerprint density at radius 1 is 1.59 bits per heavy atom. The van der Waals surface area contributed by atoms with Crippen LogP contribution in [0.15, 0.2) is 12.3 Å². The second kappa shape index (κ2) is 5.72. The number of nitrogens with zero attached hydrogens (tertiary/aromatic N) is 2. The summed E-state index contributed by atoms with van der Waals surface area (Å²) in [4.78, 5) is 20.2. The van der Waals surface area contributed by atoms with E-state index in [0.717, 1.165) is 12.1 Å². The summed E-state index contributed by atoms with van der Waals surface area (Å²) >= 11 is 0. The molecular formula is C12H20N4O. The van der Waals surface area contributed by atoms with Crippen LogP contribution in [-0.4, -0.2) is 22.4 Å². The lowest BCUT2D eigenvalue weighted by Gasteiger charge is -2.24. The van der Waals surface area contributed by atoms with E-state index in [4.69, 9.17) is 5.73 Å². The molecule has 5 nitrogen and oxygen atoms in total. The normalized spacial score (nSPS) is 14.1. The molecule has 5 heteroatoms. The molecule has 0 aliphatic rings. The Labute approximate surface area is 102 Å². The average Bonchev–Trinajstić information content (AvgIpc) is 2.35. The first-order valence-corrected chi connectivity index (χ1v) is 5.78. The zero-order valence-corrected chi connectivity index (χ0v) is 10.7. The zero-order valence-electron chi connectivity index (χ0n) is 10.7. The van der Waals surface area contributed by atoms with Gasteiger partial charge in [-0.1, -0.05) is 6.92 Å². The maximum absolute atomic E-state index is 12.0. The topological polar surface area (TPSA) is 80.9 Å². The quantitative estimate of drug-likeness (QED) is 0.791. The van der Waals surface area contributed by atoms with Crippen molar-refractivity contribution in [1.29, 1.82) is 0 Å². The molecule has 0 aliphatic heterocycles. The molecule has 94 valence electrons. The summed E-state index contributed by atoms with van der Waals surface area (Å²) in [6.45, 7) is 6.41. The number of amides is 1. The van der Waals surface area contributed by atoms with Crippen molar-refractivity contribution in [2.45, 2.75) is 33.7 Å². The Balaban J connectivity index is 2.59. The number of nitrogens with one attached hydrogen (secondary N) is 1. The van der Waals surface area contributed by atoms with E-state index in [1.165, 1.54) is 0 Å². The van der Waals surface area contributed by atoms with E-state index in [9.17, 15) is 4.79 Å². The monoisotopic (exact) mass is 236 g/mol. The molecule has 1 aromatic heterocycles. The molecule has 0 aromatic carbocycles. The fourth-order valence-electron chi connectivity index (χ4n) is 1.39. The molecule has 17 heavy (non-hydrogen) atoms. The van der Waals surface area contributed by atoms with Crippen LogP contribution in [0.1, 0.15) is 31.8 Å². The van der Waals surface area contributed by atoms with Gasteiger partial charge in [0.1, 0.15) is 5.82 Å². The smallest absolute Gasteiger partial charge is 0.227 e. The van der Waals surface area contributed by atoms with Crippen LogP contribution in [-0.2, 0) is 11.3 Å². The molecule has 0 aliphatic carbocycles. The molecule has 0 bridgehead atoms. The molecule has 0 saturated carbocycles. The van der Waals surface area contributed by atoms with Gasteiger partial charge in [0.05, 0.1) is 17.7 Å². The summed E-state index contributed by atoms with van der Waals surface area (Å²) in [5.41, 5.74) is 5.93. The lowest BCUT2D eigenvalue weighted by Crippen LogP contribution is -2.43. The molecule has 0 spiro atoms. The molecule has 1 aromatic rings. The maximum Gasteiger partial charge on any atom is 0.227 e. The van der Waals surface area contributed by atoms with Crippen LogP contribution in [0.25, 0.3) is 0 Å². The lowest BCUT2D eigenvalue weighted by molar-refractivity contribution is -0.130. The van der Waals surface area contributed by atoms with Crippen molar-refractivity contribution in [2.75, 3.05) is 6.54 Å². The van der Waals surface area contributed by atoms with Crippen LogP contribution in [0.5, 0.6) is 0 Å². The van der Waals surface area contributed by atoms with Gasteiger partial charge < -0.3 is 11.1 Å². The number of aromatic nitrogens is 2. The Morgan fingerprint density at radius 2 is 2.29 bits per heavy atom. The third-order valence-electron chi connectivity index (χ3n) is 3.04. The molecule has 0 radical (unpaired) electrons. The molecule has 1 amide bonds. The fourth-order valence-corrected chi connectivity index (χ4v) is 1.39. The highest BCUT2D eigenvalue weighted by atomic mass is 16.2. The van der Waals surface area contributed by atoms with E-state index >= 15 is 0 Å². The first kappa shape index (κ1) is 13.6. The maximum atomic E-state index is 12.0. The molecule has 3 N–H and O–H groups in total. The number of aryl methyl sites for hydroxylation is 1. The van der Waals surface area contributed by atoms with Crippen LogP contribution < -0.4 is 11.1 Å². The number of carbonyl (C=O) groups excluding carboxylic acids is 1. The van der Waals surface area contributed by atoms with Crippen molar-refractivity contribution in [3.05, 3.63) is 23.8 Å². The molecule has 0 fully saturated rings. The summed E-state index contributed by atoms with van der Waals surface area (Å²) in [5.74, 6) is 0.674. The van der Waals surface area contributed by atoms with E-state index in [1.807, 2.05) is 20.8 Å². The van der Waals surface area contributed by atoms with Crippen molar-refractivity contribution in [3.8, 4) is 0 Å². The molecule has 1 rings (SSSR count). The van der Waals surface area contributed by atoms with Gasteiger partial charge >= 0.3 is 0 Å². The van der Waals surface area contributed by atoms with E-state index in [0.29, 0.717) is 18.9 Å². The predicted molar refractivity (Wildman–Crippen MR) is 66.1 cm³/mol. The highest BCUT2D eigenvalue weighted by Gasteiger charge is 2.29. The second-order valence-electron chi connectivity index (χ2n) is 4.40. The van der Waals surface area contributed by atoms with Crippen molar-refractivity contribution >= 4 is 5.91 Å². The fraction of sp³-hybridized carbons (Fsp3) is 0.583. The van der Waals surface area contributed by atoms with Crippen LogP contribution in [0.3, 0.4) is 0 Å². The highest BCUT2D eigenvalue weighted by molar-refractivity contribution is 5.82. The minimum Gasteiger partial charge on any atom is -0.350 e. The second-order valence-corrected chi connectivity index (χ2v) is 4.40. The Hall–Kier alpha value is -1.49. The average molecular weight is 236 g/mol. The minimum absolute atomic E-state index is 0.0289. The summed E-state index contributed by atoms with van der Waals surface area (Å²) < 4.78 is 0. The van der Waals surface area contributed by atoms with E-state index in [1.54, 1.807) is 12.3 Å². The van der Waals surface area contributed by atoms with Gasteiger partial charge in [-0.25, -0.2) is 9.97 Å². The van der Waals surface area contributed by atoms with Crippen molar-refractivity contribution in [3.63, 3.8) is 0 Å². The van der Waals surface area contributed by atoms with Gasteiger partial charge in [0.2, 0.25) is 5.91 Å². The van der Waals surface area contributed by atoms with Crippen LogP contribution in [0, 0.1) is 12.3 Å². The Bertz CT molecular complexity index is 388. The molecule has 1 unspecified atom stereocenters. The predicted octanol–water partition coefficient (Wildman–Crippen LogP) is 0.776. The molecular weight excluding hydrogens is 216 g/mol. The largest absolute Gasteiger partial charge is 0.350 e. The lowest BCUT2D eigenvalue weighted by atomic mass is 9.87. The Morgan fingerprint density at radius 3 is 2.82 bits per heavy atom. The van der Waals surface area contributed by atoms with Crippen molar-refractivity contribution in [1.82, 2.24) is 15.3 Å². The first-order chi connectivity index (χ1) is 8.01. The van der Waals surface area contributed by atoms with Crippen LogP contribution in [0.2, 0.25) is 0 Å². The standard InChI is InChI=1S/C12H20N4O/c1-4-12(3,8-13)11(17)15-7-10-5-6-14-9(2)16-10/h5-6H,4,7-8,13H2,1-3H3,(H,15,17). The summed E-state index contributed by atoms with van der Waals surface area (Å²) in [5, 5.41) is 2.86. The van der Waals surface area contributed by atoms with Gasteiger partial charge in [0, 0.05) is 12.7 Å². The number of hydrogen-bond donors (Lipinski definition) is 2. The summed E-state index contributed by atoms with van der Waals surface area (Å²) in [7, 11) is 0. The number of hydrogen-bond acceptors (Lipinski definition) is 4. The summed E-state index contributed by atoms with van der Waals surface area (Å²) in [6.07, 6.45) is 2.41. The van der Waals surface area contributed by atoms with Gasteiger partial charge in [-0.15, -0.1) is 0 Å². The molecule has 0 saturated heterocycles. The molecule has 1 atom stereocenters. The Kier molecular flexibility index (Phi) is 4.57. The van der Waals surface area contributed by atoms with Crippen molar-refractivity contribution in [2.24, 2.45) is 11.1 Å². The van der Waals surface area contributed by atoms with Crippen LogP contribution in [0.4, 0.5) is 0 Å². The SMILES string of the molecule is CCC(C)(CN)C(=O)NCc1ccnc(C)n1. The van der Waals surface area contributed by atoms with Gasteiger partial charge in [-0.05, 0) is 26.3 Å². The van der Waals surface area contributed by atoms with Gasteiger partial charge in [0.15, 0.2) is 0 Å². The van der Waals surface area contributed by atoms with Gasteiger partial charge in [0.25, 0.3) is 0 Å². The van der Waals surface area contributed by atoms with E-state index in [-0.39, 0.29) is 5.91 Å². The van der Waals surface area contributed by atoms with Gasteiger partial charge in [-0.3, -0.25) is 4.79 Å². The number of carbonyl (C=O) groups is 1. The van der Waals surface area contributed by atoms with E-state index in [2.05, 4.69) is 15.3 Å². The van der Waals surface area contributed by atoms with Gasteiger partial charge in [-0.2, -0.15) is 0 Å². The highest BCUT2D eigenvalue weighted by Crippen LogP contribution is 2.19. The minimum atomic E-state index is -0.498. The van der Waals surface area contributed by atoms with Crippen molar-refractivity contribution < 1.29 is 4.79 Å². The van der Waals surface area contributed by atoms with E-state index < -0.39 is 5.41 Å². The molecule has 1 heterocycles. The third-order valence-corrected chi connectivity index (χ3v) is 3.04. The zero-order chi connectivity index (χ0) is 12.9. The number of nitrogens with two attached hydrogens (primary N) is 1. The first-order valence-electron chi connectivity index (χ1n) is 5.78.